The number of nitrogens with two attached hydrogens (primary N) is 1. The highest BCUT2D eigenvalue weighted by molar-refractivity contribution is 6.09. The lowest BCUT2D eigenvalue weighted by Gasteiger charge is -2.12. The molecule has 134 valence electrons. The fourth-order valence-electron chi connectivity index (χ4n) is 3.07. The van der Waals surface area contributed by atoms with E-state index in [1.807, 2.05) is 48.5 Å². The Morgan fingerprint density at radius 3 is 2.44 bits per heavy atom. The lowest BCUT2D eigenvalue weighted by Crippen LogP contribution is -2.19. The Hall–Kier alpha value is -3.51. The van der Waals surface area contributed by atoms with Gasteiger partial charge >= 0.3 is 0 Å². The quantitative estimate of drug-likeness (QED) is 0.426. The van der Waals surface area contributed by atoms with Crippen LogP contribution in [0.2, 0.25) is 0 Å². The van der Waals surface area contributed by atoms with Crippen molar-refractivity contribution in [2.24, 2.45) is 10.7 Å². The lowest BCUT2D eigenvalue weighted by atomic mass is 9.97. The molecule has 5 N–H and O–H groups in total. The minimum Gasteiger partial charge on any atom is -0.383 e. The van der Waals surface area contributed by atoms with Crippen LogP contribution in [0.3, 0.4) is 0 Å². The standard InChI is InChI=1S/C21H18FN5/c22-16-9-6-13(7-10-16)19-17-12-15(8-11-18(17)26-27-19)21(24)25-20(23)14-4-2-1-3-5-14/h1-12,19,26-27H,(H3,23,24,25). The second-order valence-corrected chi connectivity index (χ2v) is 6.27. The summed E-state index contributed by atoms with van der Waals surface area (Å²) in [5, 5.41) is 8.13. The third kappa shape index (κ3) is 3.43. The fourth-order valence-corrected chi connectivity index (χ4v) is 3.07. The molecule has 1 aliphatic heterocycles. The topological polar surface area (TPSA) is 86.3 Å². The van der Waals surface area contributed by atoms with Gasteiger partial charge in [-0.2, -0.15) is 0 Å². The molecule has 0 aromatic heterocycles. The number of amidine groups is 2. The summed E-state index contributed by atoms with van der Waals surface area (Å²) in [4.78, 5) is 4.24. The van der Waals surface area contributed by atoms with Crippen molar-refractivity contribution >= 4 is 17.4 Å². The molecule has 0 saturated heterocycles. The van der Waals surface area contributed by atoms with Gasteiger partial charge in [0.1, 0.15) is 11.7 Å². The van der Waals surface area contributed by atoms with Crippen LogP contribution in [0.15, 0.2) is 77.8 Å². The lowest BCUT2D eigenvalue weighted by molar-refractivity contribution is 0.625. The Morgan fingerprint density at radius 1 is 0.963 bits per heavy atom. The van der Waals surface area contributed by atoms with Crippen LogP contribution in [0.4, 0.5) is 10.1 Å². The molecule has 27 heavy (non-hydrogen) atoms. The molecule has 0 aliphatic carbocycles. The minimum absolute atomic E-state index is 0.111. The van der Waals surface area contributed by atoms with Crippen molar-refractivity contribution in [1.29, 1.82) is 5.41 Å². The monoisotopic (exact) mass is 359 g/mol. The third-order valence-electron chi connectivity index (χ3n) is 4.49. The molecule has 0 fully saturated rings. The summed E-state index contributed by atoms with van der Waals surface area (Å²) in [6.45, 7) is 0. The van der Waals surface area contributed by atoms with Crippen molar-refractivity contribution in [3.63, 3.8) is 0 Å². The maximum Gasteiger partial charge on any atom is 0.154 e. The van der Waals surface area contributed by atoms with E-state index in [0.29, 0.717) is 5.56 Å². The summed E-state index contributed by atoms with van der Waals surface area (Å²) in [6.07, 6.45) is 0. The maximum absolute atomic E-state index is 13.2. The van der Waals surface area contributed by atoms with E-state index in [1.165, 1.54) is 12.1 Å². The average molecular weight is 359 g/mol. The first-order chi connectivity index (χ1) is 13.1. The van der Waals surface area contributed by atoms with Gasteiger partial charge in [-0.1, -0.05) is 42.5 Å². The van der Waals surface area contributed by atoms with Crippen LogP contribution in [0.1, 0.15) is 28.3 Å². The second-order valence-electron chi connectivity index (χ2n) is 6.27. The summed E-state index contributed by atoms with van der Waals surface area (Å²) in [5.74, 6) is 0.117. The predicted octanol–water partition coefficient (Wildman–Crippen LogP) is 3.58. The van der Waals surface area contributed by atoms with Crippen LogP contribution >= 0.6 is 0 Å². The van der Waals surface area contributed by atoms with E-state index in [4.69, 9.17) is 11.1 Å². The molecule has 3 aromatic carbocycles. The van der Waals surface area contributed by atoms with Crippen molar-refractivity contribution in [3.05, 3.63) is 101 Å². The number of hydrogen-bond donors (Lipinski definition) is 4. The summed E-state index contributed by atoms with van der Waals surface area (Å²) in [5.41, 5.74) is 16.8. The van der Waals surface area contributed by atoms with Crippen LogP contribution in [0.25, 0.3) is 0 Å². The average Bonchev–Trinajstić information content (AvgIpc) is 3.12. The molecular formula is C21H18FN5. The maximum atomic E-state index is 13.2. The molecule has 0 radical (unpaired) electrons. The van der Waals surface area contributed by atoms with Crippen molar-refractivity contribution in [2.75, 3.05) is 5.43 Å². The molecule has 1 unspecified atom stereocenters. The molecule has 0 saturated carbocycles. The Kier molecular flexibility index (Phi) is 4.40. The number of rotatable bonds is 3. The van der Waals surface area contributed by atoms with E-state index in [1.54, 1.807) is 12.1 Å². The van der Waals surface area contributed by atoms with Crippen molar-refractivity contribution < 1.29 is 4.39 Å². The highest BCUT2D eigenvalue weighted by Gasteiger charge is 2.24. The second kappa shape index (κ2) is 7.01. The number of hydrogen-bond acceptors (Lipinski definition) is 3. The number of benzene rings is 3. The van der Waals surface area contributed by atoms with Gasteiger partial charge < -0.3 is 11.2 Å². The van der Waals surface area contributed by atoms with E-state index in [-0.39, 0.29) is 23.5 Å². The first-order valence-electron chi connectivity index (χ1n) is 8.51. The molecule has 0 spiro atoms. The van der Waals surface area contributed by atoms with Crippen LogP contribution in [-0.4, -0.2) is 11.7 Å². The normalized spacial score (nSPS) is 15.9. The number of halogens is 1. The van der Waals surface area contributed by atoms with Crippen LogP contribution in [0.5, 0.6) is 0 Å². The summed E-state index contributed by atoms with van der Waals surface area (Å²) >= 11 is 0. The summed E-state index contributed by atoms with van der Waals surface area (Å²) < 4.78 is 13.2. The predicted molar refractivity (Wildman–Crippen MR) is 105 cm³/mol. The van der Waals surface area contributed by atoms with Crippen LogP contribution < -0.4 is 16.6 Å². The van der Waals surface area contributed by atoms with Crippen molar-refractivity contribution in [1.82, 2.24) is 5.43 Å². The van der Waals surface area contributed by atoms with Gasteiger partial charge in [-0.3, -0.25) is 5.41 Å². The summed E-state index contributed by atoms with van der Waals surface area (Å²) in [6, 6.07) is 21.2. The van der Waals surface area contributed by atoms with Gasteiger partial charge in [0.25, 0.3) is 0 Å². The zero-order valence-electron chi connectivity index (χ0n) is 14.4. The van der Waals surface area contributed by atoms with Gasteiger partial charge in [0, 0.05) is 16.7 Å². The number of fused-ring (bicyclic) bond motifs is 1. The largest absolute Gasteiger partial charge is 0.383 e. The molecular weight excluding hydrogens is 341 g/mol. The molecule has 3 aromatic rings. The molecule has 1 heterocycles. The van der Waals surface area contributed by atoms with E-state index < -0.39 is 0 Å². The van der Waals surface area contributed by atoms with E-state index >= 15 is 0 Å². The summed E-state index contributed by atoms with van der Waals surface area (Å²) in [7, 11) is 0. The van der Waals surface area contributed by atoms with E-state index in [0.717, 1.165) is 22.4 Å². The van der Waals surface area contributed by atoms with E-state index in [2.05, 4.69) is 15.8 Å². The first kappa shape index (κ1) is 16.9. The Bertz CT molecular complexity index is 1010. The highest BCUT2D eigenvalue weighted by Crippen LogP contribution is 2.33. The number of nitrogens with zero attached hydrogens (tertiary/aromatic N) is 1. The minimum atomic E-state index is -0.269. The number of nitrogens with one attached hydrogen (secondary N) is 3. The number of hydrazine groups is 1. The molecule has 0 amide bonds. The third-order valence-corrected chi connectivity index (χ3v) is 4.49. The molecule has 4 rings (SSSR count). The van der Waals surface area contributed by atoms with Crippen LogP contribution in [-0.2, 0) is 0 Å². The van der Waals surface area contributed by atoms with Gasteiger partial charge in [0.05, 0.1) is 11.7 Å². The SMILES string of the molecule is N=C(/N=C(\N)c1ccc2c(c1)C(c1ccc(F)cc1)NN2)c1ccccc1. The Labute approximate surface area is 156 Å². The molecule has 1 aliphatic rings. The molecule has 0 bridgehead atoms. The molecule has 5 nitrogen and oxygen atoms in total. The highest BCUT2D eigenvalue weighted by atomic mass is 19.1. The Morgan fingerprint density at radius 2 is 1.70 bits per heavy atom. The van der Waals surface area contributed by atoms with Crippen LogP contribution in [0, 0.1) is 11.2 Å². The van der Waals surface area contributed by atoms with Gasteiger partial charge in [0.2, 0.25) is 0 Å². The Balaban J connectivity index is 1.64. The van der Waals surface area contributed by atoms with E-state index in [9.17, 15) is 4.39 Å². The fraction of sp³-hybridized carbons (Fsp3) is 0.0476. The van der Waals surface area contributed by atoms with Crippen molar-refractivity contribution in [2.45, 2.75) is 6.04 Å². The van der Waals surface area contributed by atoms with Gasteiger partial charge in [0.15, 0.2) is 5.84 Å². The van der Waals surface area contributed by atoms with Crippen molar-refractivity contribution in [3.8, 4) is 0 Å². The molecule has 6 heteroatoms. The van der Waals surface area contributed by atoms with Gasteiger partial charge in [-0.05, 0) is 35.9 Å². The number of aliphatic imine (C=N–C) groups is 1. The zero-order chi connectivity index (χ0) is 18.8. The molecule has 1 atom stereocenters. The zero-order valence-corrected chi connectivity index (χ0v) is 14.4. The van der Waals surface area contributed by atoms with Gasteiger partial charge in [-0.25, -0.2) is 14.8 Å². The smallest absolute Gasteiger partial charge is 0.154 e. The van der Waals surface area contributed by atoms with Gasteiger partial charge in [-0.15, -0.1) is 0 Å². The first-order valence-corrected chi connectivity index (χ1v) is 8.51. The number of anilines is 1.